The molecule has 0 spiro atoms. The molecule has 0 aromatic carbocycles. The van der Waals surface area contributed by atoms with Crippen LogP contribution in [0.5, 0.6) is 0 Å². The molecular formula is C13H22ClN5O2. The molecule has 1 atom stereocenters. The van der Waals surface area contributed by atoms with Gasteiger partial charge in [0.05, 0.1) is 25.9 Å². The number of hydrogen-bond donors (Lipinski definition) is 0. The highest BCUT2D eigenvalue weighted by atomic mass is 35.5. The van der Waals surface area contributed by atoms with Gasteiger partial charge in [0.25, 0.3) is 0 Å². The Balaban J connectivity index is 2.24. The third-order valence-corrected chi connectivity index (χ3v) is 3.58. The Kier molecular flexibility index (Phi) is 5.96. The van der Waals surface area contributed by atoms with Crippen LogP contribution in [0.3, 0.4) is 0 Å². The van der Waals surface area contributed by atoms with Crippen molar-refractivity contribution in [3.8, 4) is 0 Å². The molecule has 0 amide bonds. The standard InChI is InChI=1S/C13H22ClN5O2/c1-4-19(10(2)9-20-3)13-16-11(14)15-12(17-13)18-5-7-21-8-6-18/h10H,4-9H2,1-3H3. The fourth-order valence-corrected chi connectivity index (χ4v) is 2.50. The van der Waals surface area contributed by atoms with Crippen molar-refractivity contribution in [1.29, 1.82) is 0 Å². The molecule has 0 radical (unpaired) electrons. The zero-order valence-electron chi connectivity index (χ0n) is 12.8. The van der Waals surface area contributed by atoms with Crippen LogP contribution in [0, 0.1) is 0 Å². The predicted octanol–water partition coefficient (Wildman–Crippen LogP) is 1.22. The summed E-state index contributed by atoms with van der Waals surface area (Å²) in [6.45, 7) is 8.38. The van der Waals surface area contributed by atoms with Crippen molar-refractivity contribution in [3.63, 3.8) is 0 Å². The van der Waals surface area contributed by atoms with Crippen molar-refractivity contribution in [2.75, 3.05) is 56.4 Å². The molecule has 1 aromatic heterocycles. The molecule has 2 heterocycles. The second kappa shape index (κ2) is 7.72. The van der Waals surface area contributed by atoms with Crippen LogP contribution in [0.25, 0.3) is 0 Å². The topological polar surface area (TPSA) is 63.6 Å². The van der Waals surface area contributed by atoms with E-state index in [0.717, 1.165) is 19.6 Å². The first-order valence-electron chi connectivity index (χ1n) is 7.15. The highest BCUT2D eigenvalue weighted by Gasteiger charge is 2.20. The molecule has 1 aliphatic heterocycles. The number of aromatic nitrogens is 3. The zero-order valence-corrected chi connectivity index (χ0v) is 13.5. The van der Waals surface area contributed by atoms with Gasteiger partial charge in [-0.05, 0) is 25.4 Å². The first-order chi connectivity index (χ1) is 10.2. The summed E-state index contributed by atoms with van der Waals surface area (Å²) in [6.07, 6.45) is 0. The maximum Gasteiger partial charge on any atom is 0.231 e. The first kappa shape index (κ1) is 16.2. The molecule has 0 aliphatic carbocycles. The summed E-state index contributed by atoms with van der Waals surface area (Å²) in [6, 6.07) is 0.163. The molecule has 1 saturated heterocycles. The summed E-state index contributed by atoms with van der Waals surface area (Å²) in [4.78, 5) is 17.2. The van der Waals surface area contributed by atoms with E-state index in [-0.39, 0.29) is 11.3 Å². The van der Waals surface area contributed by atoms with Gasteiger partial charge in [-0.15, -0.1) is 0 Å². The van der Waals surface area contributed by atoms with Crippen molar-refractivity contribution in [3.05, 3.63) is 5.28 Å². The maximum absolute atomic E-state index is 6.07. The number of nitrogens with zero attached hydrogens (tertiary/aromatic N) is 5. The number of likely N-dealkylation sites (N-methyl/N-ethyl adjacent to an activating group) is 1. The molecule has 21 heavy (non-hydrogen) atoms. The van der Waals surface area contributed by atoms with Crippen LogP contribution in [-0.4, -0.2) is 67.6 Å². The third-order valence-electron chi connectivity index (χ3n) is 3.42. The van der Waals surface area contributed by atoms with Crippen LogP contribution in [-0.2, 0) is 9.47 Å². The zero-order chi connectivity index (χ0) is 15.2. The van der Waals surface area contributed by atoms with Crippen molar-refractivity contribution >= 4 is 23.5 Å². The van der Waals surface area contributed by atoms with Gasteiger partial charge in [0.1, 0.15) is 0 Å². The average molecular weight is 316 g/mol. The van der Waals surface area contributed by atoms with Gasteiger partial charge in [0, 0.05) is 26.7 Å². The van der Waals surface area contributed by atoms with E-state index in [1.54, 1.807) is 7.11 Å². The van der Waals surface area contributed by atoms with E-state index in [1.807, 2.05) is 0 Å². The first-order valence-corrected chi connectivity index (χ1v) is 7.53. The van der Waals surface area contributed by atoms with Crippen molar-refractivity contribution < 1.29 is 9.47 Å². The van der Waals surface area contributed by atoms with Gasteiger partial charge in [0.15, 0.2) is 0 Å². The number of anilines is 2. The number of ether oxygens (including phenoxy) is 2. The summed E-state index contributed by atoms with van der Waals surface area (Å²) in [5, 5.41) is 0.213. The van der Waals surface area contributed by atoms with E-state index in [0.29, 0.717) is 31.7 Å². The molecule has 8 heteroatoms. The summed E-state index contributed by atoms with van der Waals surface area (Å²) >= 11 is 6.07. The predicted molar refractivity (Wildman–Crippen MR) is 82.2 cm³/mol. The van der Waals surface area contributed by atoms with Gasteiger partial charge in [-0.25, -0.2) is 0 Å². The summed E-state index contributed by atoms with van der Waals surface area (Å²) < 4.78 is 10.6. The van der Waals surface area contributed by atoms with Crippen LogP contribution < -0.4 is 9.80 Å². The van der Waals surface area contributed by atoms with Gasteiger partial charge in [-0.2, -0.15) is 15.0 Å². The van der Waals surface area contributed by atoms with Crippen LogP contribution in [0.2, 0.25) is 5.28 Å². The van der Waals surface area contributed by atoms with E-state index >= 15 is 0 Å². The Morgan fingerprint density at radius 3 is 2.67 bits per heavy atom. The maximum atomic E-state index is 6.07. The van der Waals surface area contributed by atoms with E-state index < -0.39 is 0 Å². The molecule has 1 unspecified atom stereocenters. The summed E-state index contributed by atoms with van der Waals surface area (Å²) in [5.74, 6) is 1.19. The van der Waals surface area contributed by atoms with Crippen LogP contribution in [0.15, 0.2) is 0 Å². The summed E-state index contributed by atoms with van der Waals surface area (Å²) in [5.41, 5.74) is 0. The minimum atomic E-state index is 0.163. The minimum absolute atomic E-state index is 0.163. The second-order valence-corrected chi connectivity index (χ2v) is 5.23. The van der Waals surface area contributed by atoms with E-state index in [4.69, 9.17) is 21.1 Å². The third kappa shape index (κ3) is 4.15. The molecule has 1 aromatic rings. The van der Waals surface area contributed by atoms with Gasteiger partial charge in [-0.1, -0.05) is 0 Å². The fourth-order valence-electron chi connectivity index (χ4n) is 2.34. The minimum Gasteiger partial charge on any atom is -0.383 e. The molecule has 7 nitrogen and oxygen atoms in total. The number of halogens is 1. The number of morpholine rings is 1. The SMILES string of the molecule is CCN(c1nc(Cl)nc(N2CCOCC2)n1)C(C)COC. The largest absolute Gasteiger partial charge is 0.383 e. The molecule has 1 fully saturated rings. The molecule has 2 rings (SSSR count). The lowest BCUT2D eigenvalue weighted by Gasteiger charge is -2.30. The highest BCUT2D eigenvalue weighted by Crippen LogP contribution is 2.19. The van der Waals surface area contributed by atoms with Gasteiger partial charge < -0.3 is 19.3 Å². The normalized spacial score (nSPS) is 16.9. The fraction of sp³-hybridized carbons (Fsp3) is 0.769. The van der Waals surface area contributed by atoms with Crippen molar-refractivity contribution in [2.24, 2.45) is 0 Å². The second-order valence-electron chi connectivity index (χ2n) is 4.89. The number of hydrogen-bond acceptors (Lipinski definition) is 7. The van der Waals surface area contributed by atoms with Crippen LogP contribution in [0.1, 0.15) is 13.8 Å². The molecule has 1 aliphatic rings. The van der Waals surface area contributed by atoms with E-state index in [1.165, 1.54) is 0 Å². The lowest BCUT2D eigenvalue weighted by atomic mass is 10.3. The monoisotopic (exact) mass is 315 g/mol. The van der Waals surface area contributed by atoms with E-state index in [2.05, 4.69) is 38.6 Å². The lowest BCUT2D eigenvalue weighted by Crippen LogP contribution is -2.40. The highest BCUT2D eigenvalue weighted by molar-refractivity contribution is 6.28. The van der Waals surface area contributed by atoms with Gasteiger partial charge >= 0.3 is 0 Å². The Bertz CT molecular complexity index is 456. The quantitative estimate of drug-likeness (QED) is 0.782. The summed E-state index contributed by atoms with van der Waals surface area (Å²) in [7, 11) is 1.68. The van der Waals surface area contributed by atoms with Gasteiger partial charge in [-0.3, -0.25) is 0 Å². The Morgan fingerprint density at radius 1 is 1.33 bits per heavy atom. The van der Waals surface area contributed by atoms with Crippen molar-refractivity contribution in [2.45, 2.75) is 19.9 Å². The van der Waals surface area contributed by atoms with Crippen LogP contribution >= 0.6 is 11.6 Å². The molecule has 0 N–H and O–H groups in total. The van der Waals surface area contributed by atoms with Crippen LogP contribution in [0.4, 0.5) is 11.9 Å². The molecule has 0 bridgehead atoms. The Morgan fingerprint density at radius 2 is 2.05 bits per heavy atom. The van der Waals surface area contributed by atoms with Crippen molar-refractivity contribution in [1.82, 2.24) is 15.0 Å². The van der Waals surface area contributed by atoms with Gasteiger partial charge in [0.2, 0.25) is 17.2 Å². The van der Waals surface area contributed by atoms with E-state index in [9.17, 15) is 0 Å². The average Bonchev–Trinajstić information content (AvgIpc) is 2.48. The molecule has 0 saturated carbocycles. The Labute approximate surface area is 130 Å². The Hall–Kier alpha value is -1.18. The number of methoxy groups -OCH3 is 1. The molecular weight excluding hydrogens is 294 g/mol. The molecule has 118 valence electrons. The smallest absolute Gasteiger partial charge is 0.231 e. The lowest BCUT2D eigenvalue weighted by molar-refractivity contribution is 0.122. The number of rotatable bonds is 6.